The lowest BCUT2D eigenvalue weighted by molar-refractivity contribution is 0.0661. The van der Waals surface area contributed by atoms with Crippen LogP contribution in [0.5, 0.6) is 0 Å². The Balaban J connectivity index is 2.86. The molecule has 0 aliphatic rings. The molecule has 1 aromatic rings. The molecule has 1 aromatic heterocycles. The van der Waals surface area contributed by atoms with Gasteiger partial charge in [-0.3, -0.25) is 0 Å². The Hall–Kier alpha value is -0.860. The van der Waals surface area contributed by atoms with E-state index >= 15 is 0 Å². The van der Waals surface area contributed by atoms with Crippen molar-refractivity contribution in [1.29, 1.82) is 0 Å². The fourth-order valence-electron chi connectivity index (χ4n) is 1.61. The SMILES string of the molecule is CC(C)CCC(C)NS(=O)(=O)c1cc(C(=O)O)oc1Br. The highest BCUT2D eigenvalue weighted by atomic mass is 79.9. The van der Waals surface area contributed by atoms with Crippen LogP contribution in [0.3, 0.4) is 0 Å². The van der Waals surface area contributed by atoms with Crippen molar-refractivity contribution in [3.05, 3.63) is 16.5 Å². The summed E-state index contributed by atoms with van der Waals surface area (Å²) in [6.07, 6.45) is 1.61. The Labute approximate surface area is 126 Å². The quantitative estimate of drug-likeness (QED) is 0.772. The predicted molar refractivity (Wildman–Crippen MR) is 77.2 cm³/mol. The second-order valence-corrected chi connectivity index (χ2v) is 7.45. The van der Waals surface area contributed by atoms with Gasteiger partial charge in [0.1, 0.15) is 4.90 Å². The molecule has 8 heteroatoms. The van der Waals surface area contributed by atoms with Crippen LogP contribution < -0.4 is 4.72 Å². The normalized spacial score (nSPS) is 13.7. The van der Waals surface area contributed by atoms with Crippen LogP contribution in [0.1, 0.15) is 44.2 Å². The summed E-state index contributed by atoms with van der Waals surface area (Å²) in [5.41, 5.74) is 0. The van der Waals surface area contributed by atoms with Gasteiger partial charge < -0.3 is 9.52 Å². The third-order valence-corrected chi connectivity index (χ3v) is 5.14. The second-order valence-electron chi connectivity index (χ2n) is 5.05. The zero-order valence-corrected chi connectivity index (χ0v) is 13.9. The number of hydrogen-bond donors (Lipinski definition) is 2. The highest BCUT2D eigenvalue weighted by molar-refractivity contribution is 9.10. The van der Waals surface area contributed by atoms with Crippen molar-refractivity contribution in [1.82, 2.24) is 4.72 Å². The molecule has 1 unspecified atom stereocenters. The third kappa shape index (κ3) is 4.60. The molecule has 0 amide bonds. The van der Waals surface area contributed by atoms with Crippen LogP contribution in [-0.2, 0) is 10.0 Å². The van der Waals surface area contributed by atoms with E-state index in [1.54, 1.807) is 6.92 Å². The van der Waals surface area contributed by atoms with Crippen LogP contribution in [0.25, 0.3) is 0 Å². The van der Waals surface area contributed by atoms with Gasteiger partial charge in [-0.2, -0.15) is 0 Å². The van der Waals surface area contributed by atoms with Gasteiger partial charge in [0, 0.05) is 12.1 Å². The van der Waals surface area contributed by atoms with E-state index < -0.39 is 21.8 Å². The van der Waals surface area contributed by atoms with Crippen molar-refractivity contribution in [3.63, 3.8) is 0 Å². The minimum Gasteiger partial charge on any atom is -0.475 e. The van der Waals surface area contributed by atoms with Crippen molar-refractivity contribution in [3.8, 4) is 0 Å². The molecule has 1 atom stereocenters. The Bertz CT molecular complexity index is 579. The van der Waals surface area contributed by atoms with Crippen molar-refractivity contribution in [2.24, 2.45) is 5.92 Å². The largest absolute Gasteiger partial charge is 0.475 e. The van der Waals surface area contributed by atoms with E-state index in [9.17, 15) is 13.2 Å². The molecule has 1 heterocycles. The molecule has 0 bridgehead atoms. The standard InChI is InChI=1S/C12H18BrNO5S/c1-7(2)4-5-8(3)14-20(17,18)10-6-9(12(15)16)19-11(10)13/h6-8,14H,4-5H2,1-3H3,(H,15,16). The van der Waals surface area contributed by atoms with Crippen LogP contribution in [0.15, 0.2) is 20.0 Å². The van der Waals surface area contributed by atoms with E-state index in [4.69, 9.17) is 9.52 Å². The second kappa shape index (κ2) is 6.73. The highest BCUT2D eigenvalue weighted by Crippen LogP contribution is 2.26. The minimum absolute atomic E-state index is 0.113. The third-order valence-electron chi connectivity index (χ3n) is 2.69. The Morgan fingerprint density at radius 2 is 2.00 bits per heavy atom. The maximum atomic E-state index is 12.1. The fourth-order valence-corrected chi connectivity index (χ4v) is 3.83. The van der Waals surface area contributed by atoms with Crippen LogP contribution >= 0.6 is 15.9 Å². The lowest BCUT2D eigenvalue weighted by Gasteiger charge is -2.14. The van der Waals surface area contributed by atoms with E-state index in [2.05, 4.69) is 34.5 Å². The van der Waals surface area contributed by atoms with Crippen LogP contribution in [0.2, 0.25) is 0 Å². The van der Waals surface area contributed by atoms with Crippen LogP contribution in [-0.4, -0.2) is 25.5 Å². The van der Waals surface area contributed by atoms with Crippen molar-refractivity contribution < 1.29 is 22.7 Å². The molecular formula is C12H18BrNO5S. The first-order valence-corrected chi connectivity index (χ1v) is 8.46. The number of sulfonamides is 1. The number of carboxylic acids is 1. The molecule has 0 aromatic carbocycles. The number of furan rings is 1. The van der Waals surface area contributed by atoms with E-state index in [0.717, 1.165) is 12.5 Å². The molecule has 20 heavy (non-hydrogen) atoms. The van der Waals surface area contributed by atoms with Crippen molar-refractivity contribution in [2.45, 2.75) is 44.6 Å². The Morgan fingerprint density at radius 1 is 1.40 bits per heavy atom. The molecule has 0 fully saturated rings. The van der Waals surface area contributed by atoms with Crippen molar-refractivity contribution in [2.75, 3.05) is 0 Å². The van der Waals surface area contributed by atoms with E-state index in [-0.39, 0.29) is 15.6 Å². The van der Waals surface area contributed by atoms with Gasteiger partial charge >= 0.3 is 5.97 Å². The molecule has 0 spiro atoms. The molecule has 0 radical (unpaired) electrons. The summed E-state index contributed by atoms with van der Waals surface area (Å²) in [5, 5.41) is 8.79. The predicted octanol–water partition coefficient (Wildman–Crippen LogP) is 2.84. The number of carboxylic acid groups (broad SMARTS) is 1. The van der Waals surface area contributed by atoms with Gasteiger partial charge in [-0.25, -0.2) is 17.9 Å². The van der Waals surface area contributed by atoms with Crippen LogP contribution in [0.4, 0.5) is 0 Å². The van der Waals surface area contributed by atoms with E-state index in [0.29, 0.717) is 12.3 Å². The highest BCUT2D eigenvalue weighted by Gasteiger charge is 2.26. The van der Waals surface area contributed by atoms with Gasteiger partial charge in [-0.05, 0) is 41.6 Å². The zero-order chi connectivity index (χ0) is 15.5. The first-order valence-electron chi connectivity index (χ1n) is 6.18. The molecule has 0 aliphatic carbocycles. The number of rotatable bonds is 7. The summed E-state index contributed by atoms with van der Waals surface area (Å²) in [7, 11) is -3.80. The average Bonchev–Trinajstić information content (AvgIpc) is 2.69. The van der Waals surface area contributed by atoms with Gasteiger partial charge in [0.2, 0.25) is 15.8 Å². The zero-order valence-electron chi connectivity index (χ0n) is 11.5. The molecule has 6 nitrogen and oxygen atoms in total. The Morgan fingerprint density at radius 3 is 2.45 bits per heavy atom. The lowest BCUT2D eigenvalue weighted by Crippen LogP contribution is -2.32. The minimum atomic E-state index is -3.80. The van der Waals surface area contributed by atoms with Gasteiger partial charge in [0.15, 0.2) is 4.67 Å². The number of hydrogen-bond acceptors (Lipinski definition) is 4. The van der Waals surface area contributed by atoms with Gasteiger partial charge in [-0.1, -0.05) is 13.8 Å². The molecular weight excluding hydrogens is 350 g/mol. The molecule has 1 rings (SSSR count). The van der Waals surface area contributed by atoms with Crippen LogP contribution in [0, 0.1) is 5.92 Å². The maximum Gasteiger partial charge on any atom is 0.371 e. The molecule has 0 saturated carbocycles. The van der Waals surface area contributed by atoms with Gasteiger partial charge in [-0.15, -0.1) is 0 Å². The summed E-state index contributed by atoms with van der Waals surface area (Å²) in [4.78, 5) is 10.6. The monoisotopic (exact) mass is 367 g/mol. The molecule has 2 N–H and O–H groups in total. The summed E-state index contributed by atoms with van der Waals surface area (Å²) >= 11 is 2.92. The summed E-state index contributed by atoms with van der Waals surface area (Å²) in [6.45, 7) is 5.89. The number of aromatic carboxylic acids is 1. The molecule has 0 aliphatic heterocycles. The number of nitrogens with one attached hydrogen (secondary N) is 1. The van der Waals surface area contributed by atoms with Gasteiger partial charge in [0.25, 0.3) is 0 Å². The number of carbonyl (C=O) groups is 1. The first kappa shape index (κ1) is 17.2. The average molecular weight is 368 g/mol. The molecule has 0 saturated heterocycles. The van der Waals surface area contributed by atoms with E-state index in [1.807, 2.05) is 0 Å². The maximum absolute atomic E-state index is 12.1. The Kier molecular flexibility index (Phi) is 5.79. The summed E-state index contributed by atoms with van der Waals surface area (Å²) < 4.78 is 31.5. The van der Waals surface area contributed by atoms with Crippen molar-refractivity contribution >= 4 is 31.9 Å². The molecule has 114 valence electrons. The van der Waals surface area contributed by atoms with E-state index in [1.165, 1.54) is 0 Å². The lowest BCUT2D eigenvalue weighted by atomic mass is 10.1. The summed E-state index contributed by atoms with van der Waals surface area (Å²) in [5.74, 6) is -1.26. The van der Waals surface area contributed by atoms with Gasteiger partial charge in [0.05, 0.1) is 0 Å². The first-order chi connectivity index (χ1) is 9.13. The topological polar surface area (TPSA) is 96.6 Å². The fraction of sp³-hybridized carbons (Fsp3) is 0.583. The smallest absolute Gasteiger partial charge is 0.371 e. The number of halogens is 1. The summed E-state index contributed by atoms with van der Waals surface area (Å²) in [6, 6.07) is 0.752.